The number of amides is 2. The summed E-state index contributed by atoms with van der Waals surface area (Å²) in [6.07, 6.45) is 0.844. The Balaban J connectivity index is 2.04. The third kappa shape index (κ3) is 8.22. The number of thioether (sulfide) groups is 1. The molecule has 5 nitrogen and oxygen atoms in total. The predicted molar refractivity (Wildman–Crippen MR) is 131 cm³/mol. The summed E-state index contributed by atoms with van der Waals surface area (Å²) < 4.78 is 6.16. The summed E-state index contributed by atoms with van der Waals surface area (Å²) in [6.45, 7) is 6.18. The van der Waals surface area contributed by atoms with Gasteiger partial charge in [0.1, 0.15) is 11.8 Å². The van der Waals surface area contributed by atoms with Gasteiger partial charge in [0.15, 0.2) is 0 Å². The van der Waals surface area contributed by atoms with Crippen LogP contribution in [0.25, 0.3) is 0 Å². The monoisotopic (exact) mass is 506 g/mol. The molecule has 0 bridgehead atoms. The highest BCUT2D eigenvalue weighted by Gasteiger charge is 2.26. The highest BCUT2D eigenvalue weighted by molar-refractivity contribution is 9.10. The lowest BCUT2D eigenvalue weighted by Gasteiger charge is -2.29. The van der Waals surface area contributed by atoms with E-state index in [0.717, 1.165) is 33.5 Å². The molecule has 7 heteroatoms. The maximum Gasteiger partial charge on any atom is 0.242 e. The van der Waals surface area contributed by atoms with Gasteiger partial charge in [-0.1, -0.05) is 47.1 Å². The maximum atomic E-state index is 13.1. The van der Waals surface area contributed by atoms with Gasteiger partial charge < -0.3 is 15.0 Å². The van der Waals surface area contributed by atoms with Gasteiger partial charge in [0.2, 0.25) is 11.8 Å². The quantitative estimate of drug-likeness (QED) is 0.464. The summed E-state index contributed by atoms with van der Waals surface area (Å²) in [5.74, 6) is 1.67. The molecule has 2 aromatic rings. The molecule has 31 heavy (non-hydrogen) atoms. The second-order valence-electron chi connectivity index (χ2n) is 7.48. The van der Waals surface area contributed by atoms with E-state index in [0.29, 0.717) is 12.3 Å². The molecule has 0 fully saturated rings. The highest BCUT2D eigenvalue weighted by Crippen LogP contribution is 2.19. The van der Waals surface area contributed by atoms with Crippen molar-refractivity contribution in [3.05, 3.63) is 64.1 Å². The first-order valence-corrected chi connectivity index (χ1v) is 12.3. The van der Waals surface area contributed by atoms with Crippen molar-refractivity contribution in [1.29, 1.82) is 0 Å². The first kappa shape index (κ1) is 25.3. The van der Waals surface area contributed by atoms with Crippen LogP contribution in [0.3, 0.4) is 0 Å². The zero-order valence-corrected chi connectivity index (χ0v) is 21.0. The van der Waals surface area contributed by atoms with Gasteiger partial charge in [-0.2, -0.15) is 0 Å². The van der Waals surface area contributed by atoms with Crippen LogP contribution >= 0.6 is 27.7 Å². The average Bonchev–Trinajstić information content (AvgIpc) is 2.78. The van der Waals surface area contributed by atoms with Gasteiger partial charge in [-0.3, -0.25) is 9.59 Å². The SMILES string of the molecule is CC[C@@H](C)NC(=O)[C@@H](C)N(Cc1ccc(Br)cc1)C(=O)CSCc1ccc(OC)cc1. The normalized spacial score (nSPS) is 12.7. The number of hydrogen-bond donors (Lipinski definition) is 1. The second kappa shape index (κ2) is 12.8. The van der Waals surface area contributed by atoms with Crippen molar-refractivity contribution in [2.75, 3.05) is 12.9 Å². The van der Waals surface area contributed by atoms with Crippen molar-refractivity contribution in [2.24, 2.45) is 0 Å². The summed E-state index contributed by atoms with van der Waals surface area (Å²) in [5.41, 5.74) is 2.11. The van der Waals surface area contributed by atoms with Gasteiger partial charge in [0, 0.05) is 22.8 Å². The molecule has 0 aliphatic heterocycles. The molecule has 0 heterocycles. The summed E-state index contributed by atoms with van der Waals surface area (Å²) >= 11 is 4.98. The molecule has 1 N–H and O–H groups in total. The van der Waals surface area contributed by atoms with Crippen LogP contribution in [0.2, 0.25) is 0 Å². The summed E-state index contributed by atoms with van der Waals surface area (Å²) in [7, 11) is 1.64. The van der Waals surface area contributed by atoms with Crippen molar-refractivity contribution in [2.45, 2.75) is 51.6 Å². The molecular formula is C24H31BrN2O3S. The van der Waals surface area contributed by atoms with Crippen LogP contribution in [0.4, 0.5) is 0 Å². The zero-order valence-electron chi connectivity index (χ0n) is 18.6. The van der Waals surface area contributed by atoms with Crippen LogP contribution in [0.5, 0.6) is 5.75 Å². The number of nitrogens with one attached hydrogen (secondary N) is 1. The number of carbonyl (C=O) groups is 2. The Morgan fingerprint density at radius 2 is 1.68 bits per heavy atom. The second-order valence-corrected chi connectivity index (χ2v) is 9.38. The fourth-order valence-corrected chi connectivity index (χ4v) is 4.03. The van der Waals surface area contributed by atoms with Crippen LogP contribution in [-0.2, 0) is 21.9 Å². The largest absolute Gasteiger partial charge is 0.497 e. The van der Waals surface area contributed by atoms with Crippen LogP contribution in [-0.4, -0.2) is 41.7 Å². The molecule has 168 valence electrons. The Bertz CT molecular complexity index is 843. The van der Waals surface area contributed by atoms with Gasteiger partial charge in [-0.25, -0.2) is 0 Å². The van der Waals surface area contributed by atoms with E-state index < -0.39 is 6.04 Å². The van der Waals surface area contributed by atoms with E-state index in [4.69, 9.17) is 4.74 Å². The van der Waals surface area contributed by atoms with Gasteiger partial charge in [0.25, 0.3) is 0 Å². The fourth-order valence-electron chi connectivity index (χ4n) is 2.90. The first-order chi connectivity index (χ1) is 14.8. The minimum absolute atomic E-state index is 0.0479. The first-order valence-electron chi connectivity index (χ1n) is 10.4. The number of carbonyl (C=O) groups excluding carboxylic acids is 2. The number of rotatable bonds is 11. The zero-order chi connectivity index (χ0) is 22.8. The van der Waals surface area contributed by atoms with E-state index in [1.54, 1.807) is 30.7 Å². The number of halogens is 1. The van der Waals surface area contributed by atoms with E-state index in [1.165, 1.54) is 0 Å². The number of ether oxygens (including phenoxy) is 1. The lowest BCUT2D eigenvalue weighted by molar-refractivity contribution is -0.138. The molecule has 0 aliphatic carbocycles. The highest BCUT2D eigenvalue weighted by atomic mass is 79.9. The summed E-state index contributed by atoms with van der Waals surface area (Å²) in [5, 5.41) is 2.99. The predicted octanol–water partition coefficient (Wildman–Crippen LogP) is 5.02. The van der Waals surface area contributed by atoms with Crippen LogP contribution in [0, 0.1) is 0 Å². The van der Waals surface area contributed by atoms with Gasteiger partial charge in [-0.15, -0.1) is 11.8 Å². The number of benzene rings is 2. The third-order valence-corrected chi connectivity index (χ3v) is 6.61. The van der Waals surface area contributed by atoms with Gasteiger partial charge >= 0.3 is 0 Å². The Labute approximate surface area is 198 Å². The molecule has 2 atom stereocenters. The molecule has 0 aromatic heterocycles. The maximum absolute atomic E-state index is 13.1. The van der Waals surface area contributed by atoms with Crippen LogP contribution < -0.4 is 10.1 Å². The average molecular weight is 507 g/mol. The Hall–Kier alpha value is -1.99. The number of hydrogen-bond acceptors (Lipinski definition) is 4. The summed E-state index contributed by atoms with van der Waals surface area (Å²) in [6, 6.07) is 15.2. The van der Waals surface area contributed by atoms with E-state index in [-0.39, 0.29) is 17.9 Å². The van der Waals surface area contributed by atoms with Crippen molar-refractivity contribution in [1.82, 2.24) is 10.2 Å². The van der Waals surface area contributed by atoms with Gasteiger partial charge in [-0.05, 0) is 55.7 Å². The molecule has 2 amide bonds. The Kier molecular flexibility index (Phi) is 10.4. The molecule has 0 saturated heterocycles. The summed E-state index contributed by atoms with van der Waals surface area (Å²) in [4.78, 5) is 27.5. The third-order valence-electron chi connectivity index (χ3n) is 5.09. The molecule has 0 radical (unpaired) electrons. The molecule has 2 aromatic carbocycles. The lowest BCUT2D eigenvalue weighted by Crippen LogP contribution is -2.50. The Morgan fingerprint density at radius 1 is 1.06 bits per heavy atom. The molecule has 0 saturated carbocycles. The van der Waals surface area contributed by atoms with E-state index in [9.17, 15) is 9.59 Å². The molecule has 0 spiro atoms. The number of nitrogens with zero attached hydrogens (tertiary/aromatic N) is 1. The van der Waals surface area contributed by atoms with E-state index in [1.807, 2.05) is 62.4 Å². The lowest BCUT2D eigenvalue weighted by atomic mass is 10.1. The standard InChI is InChI=1S/C24H31BrN2O3S/c1-5-17(2)26-24(29)18(3)27(14-19-6-10-21(25)11-7-19)23(28)16-31-15-20-8-12-22(30-4)13-9-20/h6-13,17-18H,5,14-16H2,1-4H3,(H,26,29)/t17-,18-/m1/s1. The van der Waals surface area contributed by atoms with Crippen LogP contribution in [0.15, 0.2) is 53.0 Å². The van der Waals surface area contributed by atoms with Crippen molar-refractivity contribution in [3.8, 4) is 5.75 Å². The topological polar surface area (TPSA) is 58.6 Å². The van der Waals surface area contributed by atoms with E-state index >= 15 is 0 Å². The minimum Gasteiger partial charge on any atom is -0.497 e. The fraction of sp³-hybridized carbons (Fsp3) is 0.417. The van der Waals surface area contributed by atoms with Gasteiger partial charge in [0.05, 0.1) is 12.9 Å². The van der Waals surface area contributed by atoms with Crippen molar-refractivity contribution < 1.29 is 14.3 Å². The molecular weight excluding hydrogens is 476 g/mol. The number of methoxy groups -OCH3 is 1. The van der Waals surface area contributed by atoms with E-state index in [2.05, 4.69) is 21.2 Å². The molecule has 0 aliphatic rings. The molecule has 2 rings (SSSR count). The minimum atomic E-state index is -0.549. The smallest absolute Gasteiger partial charge is 0.242 e. The Morgan fingerprint density at radius 3 is 2.26 bits per heavy atom. The van der Waals surface area contributed by atoms with Crippen LogP contribution in [0.1, 0.15) is 38.3 Å². The van der Waals surface area contributed by atoms with Crippen molar-refractivity contribution in [3.63, 3.8) is 0 Å². The molecule has 0 unspecified atom stereocenters. The van der Waals surface area contributed by atoms with Crippen molar-refractivity contribution >= 4 is 39.5 Å².